The molecule has 1 heterocycles. The molecule has 0 aliphatic heterocycles. The van der Waals surface area contributed by atoms with Crippen molar-refractivity contribution in [2.75, 3.05) is 24.3 Å². The molecule has 0 saturated carbocycles. The van der Waals surface area contributed by atoms with Crippen LogP contribution in [0, 0.1) is 5.82 Å². The van der Waals surface area contributed by atoms with E-state index in [9.17, 15) is 9.18 Å². The van der Waals surface area contributed by atoms with E-state index < -0.39 is 0 Å². The molecule has 0 radical (unpaired) electrons. The number of nitrogens with one attached hydrogen (secondary N) is 2. The number of pyridine rings is 1. The maximum Gasteiger partial charge on any atom is 0.274 e. The lowest BCUT2D eigenvalue weighted by Gasteiger charge is -2.09. The summed E-state index contributed by atoms with van der Waals surface area (Å²) in [6.45, 7) is 0.567. The number of amides is 1. The van der Waals surface area contributed by atoms with Crippen molar-refractivity contribution in [2.24, 2.45) is 0 Å². The minimum Gasteiger partial charge on any atom is -0.497 e. The van der Waals surface area contributed by atoms with Gasteiger partial charge in [0, 0.05) is 18.3 Å². The van der Waals surface area contributed by atoms with Gasteiger partial charge in [-0.3, -0.25) is 4.79 Å². The van der Waals surface area contributed by atoms with Crippen LogP contribution in [0.3, 0.4) is 0 Å². The summed E-state index contributed by atoms with van der Waals surface area (Å²) >= 11 is 0. The molecule has 0 fully saturated rings. The van der Waals surface area contributed by atoms with Gasteiger partial charge in [-0.2, -0.15) is 0 Å². The quantitative estimate of drug-likeness (QED) is 0.661. The molecule has 0 spiro atoms. The van der Waals surface area contributed by atoms with Crippen LogP contribution in [0.25, 0.3) is 0 Å². The largest absolute Gasteiger partial charge is 0.497 e. The van der Waals surface area contributed by atoms with E-state index in [-0.39, 0.29) is 11.7 Å². The lowest BCUT2D eigenvalue weighted by Crippen LogP contribution is -2.14. The minimum absolute atomic E-state index is 0.206. The fraction of sp³-hybridized carbons (Fsp3) is 0.143. The average molecular weight is 365 g/mol. The highest BCUT2D eigenvalue weighted by molar-refractivity contribution is 6.03. The van der Waals surface area contributed by atoms with Crippen LogP contribution in [-0.4, -0.2) is 24.5 Å². The Morgan fingerprint density at radius 3 is 2.67 bits per heavy atom. The third-order valence-electron chi connectivity index (χ3n) is 4.01. The molecule has 0 saturated heterocycles. The van der Waals surface area contributed by atoms with Gasteiger partial charge in [-0.25, -0.2) is 9.37 Å². The van der Waals surface area contributed by atoms with Crippen LogP contribution in [0.4, 0.5) is 15.8 Å². The van der Waals surface area contributed by atoms with Crippen molar-refractivity contribution >= 4 is 17.3 Å². The number of hydrogen-bond donors (Lipinski definition) is 2. The predicted molar refractivity (Wildman–Crippen MR) is 104 cm³/mol. The first-order valence-electron chi connectivity index (χ1n) is 8.54. The number of anilines is 2. The Morgan fingerprint density at radius 2 is 1.93 bits per heavy atom. The molecule has 0 unspecified atom stereocenters. The fourth-order valence-corrected chi connectivity index (χ4v) is 2.57. The second-order valence-electron chi connectivity index (χ2n) is 5.89. The van der Waals surface area contributed by atoms with Gasteiger partial charge >= 0.3 is 0 Å². The summed E-state index contributed by atoms with van der Waals surface area (Å²) in [4.78, 5) is 16.5. The van der Waals surface area contributed by atoms with E-state index in [4.69, 9.17) is 4.74 Å². The van der Waals surface area contributed by atoms with Gasteiger partial charge in [0.05, 0.1) is 19.0 Å². The van der Waals surface area contributed by atoms with Crippen LogP contribution >= 0.6 is 0 Å². The molecule has 3 aromatic rings. The SMILES string of the molecule is COc1cccc(NC(=O)c2ccc(NCCc3ccccc3F)cn2)c1. The van der Waals surface area contributed by atoms with Crippen molar-refractivity contribution in [3.05, 3.63) is 83.9 Å². The minimum atomic E-state index is -0.304. The number of ether oxygens (including phenoxy) is 1. The van der Waals surface area contributed by atoms with E-state index in [1.54, 1.807) is 61.8 Å². The Kier molecular flexibility index (Phi) is 5.99. The maximum atomic E-state index is 13.6. The summed E-state index contributed by atoms with van der Waals surface area (Å²) in [5.41, 5.74) is 2.36. The molecule has 138 valence electrons. The van der Waals surface area contributed by atoms with Gasteiger partial charge in [0.25, 0.3) is 5.91 Å². The molecule has 0 atom stereocenters. The predicted octanol–water partition coefficient (Wildman–Crippen LogP) is 4.14. The number of carbonyl (C=O) groups is 1. The molecule has 5 nitrogen and oxygen atoms in total. The number of nitrogens with zero attached hydrogens (tertiary/aromatic N) is 1. The van der Waals surface area contributed by atoms with Gasteiger partial charge in [0.1, 0.15) is 17.3 Å². The van der Waals surface area contributed by atoms with E-state index in [0.29, 0.717) is 35.7 Å². The number of rotatable bonds is 7. The Balaban J connectivity index is 1.54. The first-order valence-corrected chi connectivity index (χ1v) is 8.54. The molecule has 0 aliphatic carbocycles. The second kappa shape index (κ2) is 8.80. The van der Waals surface area contributed by atoms with Crippen molar-refractivity contribution < 1.29 is 13.9 Å². The van der Waals surface area contributed by atoms with E-state index >= 15 is 0 Å². The zero-order valence-corrected chi connectivity index (χ0v) is 14.9. The highest BCUT2D eigenvalue weighted by Gasteiger charge is 2.08. The van der Waals surface area contributed by atoms with Crippen molar-refractivity contribution in [3.63, 3.8) is 0 Å². The molecule has 1 amide bonds. The van der Waals surface area contributed by atoms with Gasteiger partial charge in [0.2, 0.25) is 0 Å². The first-order chi connectivity index (χ1) is 13.2. The number of halogens is 1. The van der Waals surface area contributed by atoms with Crippen molar-refractivity contribution in [3.8, 4) is 5.75 Å². The molecule has 0 aliphatic rings. The fourth-order valence-electron chi connectivity index (χ4n) is 2.57. The lowest BCUT2D eigenvalue weighted by molar-refractivity contribution is 0.102. The van der Waals surface area contributed by atoms with Crippen molar-refractivity contribution in [1.29, 1.82) is 0 Å². The Morgan fingerprint density at radius 1 is 1.07 bits per heavy atom. The third-order valence-corrected chi connectivity index (χ3v) is 4.01. The molecule has 6 heteroatoms. The number of benzene rings is 2. The topological polar surface area (TPSA) is 63.2 Å². The maximum absolute atomic E-state index is 13.6. The van der Waals surface area contributed by atoms with Gasteiger partial charge in [-0.05, 0) is 42.3 Å². The van der Waals surface area contributed by atoms with Crippen LogP contribution in [0.15, 0.2) is 66.9 Å². The summed E-state index contributed by atoms with van der Waals surface area (Å²) in [6.07, 6.45) is 2.15. The van der Waals surface area contributed by atoms with E-state index in [1.165, 1.54) is 6.07 Å². The van der Waals surface area contributed by atoms with E-state index in [0.717, 1.165) is 5.69 Å². The van der Waals surface area contributed by atoms with Gasteiger partial charge < -0.3 is 15.4 Å². The van der Waals surface area contributed by atoms with Crippen LogP contribution in [0.5, 0.6) is 5.75 Å². The second-order valence-corrected chi connectivity index (χ2v) is 5.89. The monoisotopic (exact) mass is 365 g/mol. The van der Waals surface area contributed by atoms with Gasteiger partial charge in [-0.1, -0.05) is 24.3 Å². The molecule has 3 rings (SSSR count). The Hall–Kier alpha value is -3.41. The lowest BCUT2D eigenvalue weighted by atomic mass is 10.1. The van der Waals surface area contributed by atoms with Gasteiger partial charge in [-0.15, -0.1) is 0 Å². The molecule has 1 aromatic heterocycles. The number of hydrogen-bond acceptors (Lipinski definition) is 4. The summed E-state index contributed by atoms with van der Waals surface area (Å²) in [6, 6.07) is 17.2. The molecule has 2 aromatic carbocycles. The summed E-state index contributed by atoms with van der Waals surface area (Å²) in [5, 5.41) is 5.95. The number of aromatic nitrogens is 1. The molecular formula is C21H20FN3O2. The zero-order chi connectivity index (χ0) is 19.1. The normalized spacial score (nSPS) is 10.3. The first kappa shape index (κ1) is 18.4. The third kappa shape index (κ3) is 5.04. The van der Waals surface area contributed by atoms with Crippen LogP contribution in [0.2, 0.25) is 0 Å². The van der Waals surface area contributed by atoms with Crippen molar-refractivity contribution in [2.45, 2.75) is 6.42 Å². The van der Waals surface area contributed by atoms with E-state index in [2.05, 4.69) is 15.6 Å². The molecular weight excluding hydrogens is 345 g/mol. The summed E-state index contributed by atoms with van der Waals surface area (Å²) in [5.74, 6) is 0.151. The van der Waals surface area contributed by atoms with Gasteiger partial charge in [0.15, 0.2) is 0 Å². The standard InChI is InChI=1S/C21H20FN3O2/c1-27-18-7-4-6-16(13-18)25-21(26)20-10-9-17(14-24-20)23-12-11-15-5-2-3-8-19(15)22/h2-10,13-14,23H,11-12H2,1H3,(H,25,26). The molecule has 27 heavy (non-hydrogen) atoms. The van der Waals surface area contributed by atoms with Crippen LogP contribution in [-0.2, 0) is 6.42 Å². The summed E-state index contributed by atoms with van der Waals surface area (Å²) in [7, 11) is 1.57. The number of methoxy groups -OCH3 is 1. The zero-order valence-electron chi connectivity index (χ0n) is 14.9. The highest BCUT2D eigenvalue weighted by atomic mass is 19.1. The van der Waals surface area contributed by atoms with Crippen LogP contribution < -0.4 is 15.4 Å². The highest BCUT2D eigenvalue weighted by Crippen LogP contribution is 2.17. The smallest absolute Gasteiger partial charge is 0.274 e. The molecule has 2 N–H and O–H groups in total. The number of carbonyl (C=O) groups excluding carboxylic acids is 1. The Bertz CT molecular complexity index is 913. The molecule has 0 bridgehead atoms. The summed E-state index contributed by atoms with van der Waals surface area (Å²) < 4.78 is 18.7. The van der Waals surface area contributed by atoms with E-state index in [1.807, 2.05) is 6.07 Å². The van der Waals surface area contributed by atoms with Crippen molar-refractivity contribution in [1.82, 2.24) is 4.98 Å². The Labute approximate surface area is 157 Å². The average Bonchev–Trinajstić information content (AvgIpc) is 2.70. The van der Waals surface area contributed by atoms with Crippen LogP contribution in [0.1, 0.15) is 16.1 Å².